The molecule has 1 aliphatic rings. The second-order valence-corrected chi connectivity index (χ2v) is 7.27. The molecule has 0 radical (unpaired) electrons. The number of anilines is 1. The van der Waals surface area contributed by atoms with E-state index in [2.05, 4.69) is 10.1 Å². The molecule has 30 heavy (non-hydrogen) atoms. The highest BCUT2D eigenvalue weighted by Gasteiger charge is 2.23. The Morgan fingerprint density at radius 2 is 1.70 bits per heavy atom. The van der Waals surface area contributed by atoms with E-state index >= 15 is 0 Å². The Morgan fingerprint density at radius 3 is 2.33 bits per heavy atom. The van der Waals surface area contributed by atoms with Crippen LogP contribution in [0.25, 0.3) is 0 Å². The molecule has 0 atom stereocenters. The predicted octanol–water partition coefficient (Wildman–Crippen LogP) is 3.30. The summed E-state index contributed by atoms with van der Waals surface area (Å²) >= 11 is 0. The summed E-state index contributed by atoms with van der Waals surface area (Å²) in [4.78, 5) is 28.7. The molecule has 1 aliphatic heterocycles. The second-order valence-electron chi connectivity index (χ2n) is 7.27. The topological polar surface area (TPSA) is 61.9 Å². The molecule has 0 aliphatic carbocycles. The average molecular weight is 417 g/mol. The van der Waals surface area contributed by atoms with Crippen LogP contribution in [0.3, 0.4) is 0 Å². The van der Waals surface area contributed by atoms with Crippen LogP contribution in [0, 0.1) is 13.8 Å². The molecule has 1 heterocycles. The van der Waals surface area contributed by atoms with Gasteiger partial charge in [-0.2, -0.15) is 8.78 Å². The number of carbonyl (C=O) groups excluding carboxylic acids is 2. The Kier molecular flexibility index (Phi) is 6.99. The van der Waals surface area contributed by atoms with E-state index in [0.29, 0.717) is 31.7 Å². The van der Waals surface area contributed by atoms with Crippen molar-refractivity contribution in [3.8, 4) is 5.75 Å². The van der Waals surface area contributed by atoms with Gasteiger partial charge in [0.05, 0.1) is 6.54 Å². The van der Waals surface area contributed by atoms with Crippen LogP contribution in [-0.4, -0.2) is 60.9 Å². The van der Waals surface area contributed by atoms with Crippen LogP contribution in [0.4, 0.5) is 14.5 Å². The van der Waals surface area contributed by atoms with E-state index in [0.717, 1.165) is 16.8 Å². The van der Waals surface area contributed by atoms with Crippen molar-refractivity contribution in [3.63, 3.8) is 0 Å². The van der Waals surface area contributed by atoms with E-state index in [1.54, 1.807) is 4.90 Å². The second kappa shape index (κ2) is 9.67. The van der Waals surface area contributed by atoms with E-state index in [-0.39, 0.29) is 24.1 Å². The van der Waals surface area contributed by atoms with Gasteiger partial charge in [0.15, 0.2) is 0 Å². The highest BCUT2D eigenvalue weighted by molar-refractivity contribution is 5.95. The summed E-state index contributed by atoms with van der Waals surface area (Å²) in [5.41, 5.74) is 3.39. The molecule has 2 amide bonds. The highest BCUT2D eigenvalue weighted by atomic mass is 19.3. The van der Waals surface area contributed by atoms with Crippen LogP contribution in [0.5, 0.6) is 5.75 Å². The van der Waals surface area contributed by atoms with Crippen LogP contribution >= 0.6 is 0 Å². The molecule has 0 aromatic heterocycles. The number of hydrogen-bond acceptors (Lipinski definition) is 4. The van der Waals surface area contributed by atoms with Crippen molar-refractivity contribution in [3.05, 3.63) is 59.2 Å². The first-order valence-electron chi connectivity index (χ1n) is 9.76. The van der Waals surface area contributed by atoms with Gasteiger partial charge in [0.25, 0.3) is 5.91 Å². The summed E-state index contributed by atoms with van der Waals surface area (Å²) < 4.78 is 28.8. The lowest BCUT2D eigenvalue weighted by molar-refractivity contribution is -0.117. The zero-order valence-corrected chi connectivity index (χ0v) is 17.0. The van der Waals surface area contributed by atoms with Gasteiger partial charge in [0.1, 0.15) is 5.75 Å². The third kappa shape index (κ3) is 5.54. The summed E-state index contributed by atoms with van der Waals surface area (Å²) in [5, 5.41) is 2.95. The lowest BCUT2D eigenvalue weighted by Crippen LogP contribution is -2.50. The van der Waals surface area contributed by atoms with Crippen LogP contribution < -0.4 is 10.1 Å². The van der Waals surface area contributed by atoms with Gasteiger partial charge in [-0.1, -0.05) is 12.1 Å². The van der Waals surface area contributed by atoms with Crippen LogP contribution in [-0.2, 0) is 4.79 Å². The van der Waals surface area contributed by atoms with Crippen molar-refractivity contribution in [1.82, 2.24) is 9.80 Å². The van der Waals surface area contributed by atoms with Crippen molar-refractivity contribution in [2.24, 2.45) is 0 Å². The fraction of sp³-hybridized carbons (Fsp3) is 0.364. The molecule has 0 bridgehead atoms. The molecule has 2 aromatic carbocycles. The van der Waals surface area contributed by atoms with E-state index in [1.165, 1.54) is 24.3 Å². The summed E-state index contributed by atoms with van der Waals surface area (Å²) in [7, 11) is 0. The van der Waals surface area contributed by atoms with Crippen molar-refractivity contribution >= 4 is 17.5 Å². The molecule has 0 saturated carbocycles. The molecule has 8 heteroatoms. The maximum atomic E-state index is 12.6. The number of amides is 2. The van der Waals surface area contributed by atoms with Gasteiger partial charge in [-0.15, -0.1) is 0 Å². The van der Waals surface area contributed by atoms with Gasteiger partial charge in [0, 0.05) is 37.4 Å². The third-order valence-corrected chi connectivity index (χ3v) is 5.23. The van der Waals surface area contributed by atoms with Gasteiger partial charge in [-0.25, -0.2) is 0 Å². The minimum atomic E-state index is -2.90. The number of piperazine rings is 1. The number of carbonyl (C=O) groups is 2. The normalized spacial score (nSPS) is 14.6. The Labute approximate surface area is 174 Å². The molecular formula is C22H25F2N3O3. The fourth-order valence-corrected chi connectivity index (χ4v) is 3.35. The van der Waals surface area contributed by atoms with Crippen LogP contribution in [0.15, 0.2) is 42.5 Å². The quantitative estimate of drug-likeness (QED) is 0.784. The summed E-state index contributed by atoms with van der Waals surface area (Å²) in [6.45, 7) is 3.48. The van der Waals surface area contributed by atoms with E-state index < -0.39 is 6.61 Å². The zero-order valence-electron chi connectivity index (χ0n) is 17.0. The number of nitrogens with one attached hydrogen (secondary N) is 1. The highest BCUT2D eigenvalue weighted by Crippen LogP contribution is 2.19. The number of hydrogen-bond donors (Lipinski definition) is 1. The van der Waals surface area contributed by atoms with Gasteiger partial charge in [-0.3, -0.25) is 14.5 Å². The molecule has 1 saturated heterocycles. The van der Waals surface area contributed by atoms with Crippen LogP contribution in [0.1, 0.15) is 21.5 Å². The molecule has 0 spiro atoms. The van der Waals surface area contributed by atoms with Crippen molar-refractivity contribution in [2.45, 2.75) is 20.5 Å². The van der Waals surface area contributed by atoms with E-state index in [1.807, 2.05) is 36.9 Å². The first-order chi connectivity index (χ1) is 14.3. The molecule has 0 unspecified atom stereocenters. The van der Waals surface area contributed by atoms with Gasteiger partial charge in [-0.05, 0) is 55.3 Å². The Balaban J connectivity index is 1.48. The lowest BCUT2D eigenvalue weighted by atomic mass is 10.1. The molecule has 160 valence electrons. The molecule has 1 fully saturated rings. The fourth-order valence-electron chi connectivity index (χ4n) is 3.35. The summed E-state index contributed by atoms with van der Waals surface area (Å²) in [6, 6.07) is 11.5. The summed E-state index contributed by atoms with van der Waals surface area (Å²) in [6.07, 6.45) is 0. The number of halogens is 2. The Hall–Kier alpha value is -3.00. The third-order valence-electron chi connectivity index (χ3n) is 5.23. The minimum absolute atomic E-state index is 0.0150. The minimum Gasteiger partial charge on any atom is -0.435 e. The monoisotopic (exact) mass is 417 g/mol. The number of nitrogens with zero attached hydrogens (tertiary/aromatic N) is 2. The Bertz CT molecular complexity index is 895. The van der Waals surface area contributed by atoms with E-state index in [4.69, 9.17) is 0 Å². The molecule has 6 nitrogen and oxygen atoms in total. The van der Waals surface area contributed by atoms with Crippen molar-refractivity contribution < 1.29 is 23.1 Å². The summed E-state index contributed by atoms with van der Waals surface area (Å²) in [5.74, 6) is -0.239. The largest absolute Gasteiger partial charge is 0.435 e. The van der Waals surface area contributed by atoms with Crippen molar-refractivity contribution in [1.29, 1.82) is 0 Å². The zero-order chi connectivity index (χ0) is 21.7. The van der Waals surface area contributed by atoms with Crippen LogP contribution in [0.2, 0.25) is 0 Å². The number of ether oxygens (including phenoxy) is 1. The number of benzene rings is 2. The lowest BCUT2D eigenvalue weighted by Gasteiger charge is -2.34. The van der Waals surface area contributed by atoms with Crippen molar-refractivity contribution in [2.75, 3.05) is 38.0 Å². The number of aryl methyl sites for hydroxylation is 1. The molecule has 1 N–H and O–H groups in total. The van der Waals surface area contributed by atoms with Gasteiger partial charge < -0.3 is 15.0 Å². The smallest absolute Gasteiger partial charge is 0.387 e. The molecule has 2 aromatic rings. The standard InChI is InChI=1S/C22H25F2N3O3/c1-15-4-3-5-19(16(15)2)25-20(28)14-26-10-12-27(13-11-26)21(29)17-6-8-18(9-7-17)30-22(23)24/h3-9,22H,10-14H2,1-2H3,(H,25,28). The number of rotatable bonds is 6. The predicted molar refractivity (Wildman–Crippen MR) is 110 cm³/mol. The SMILES string of the molecule is Cc1cccc(NC(=O)CN2CCN(C(=O)c3ccc(OC(F)F)cc3)CC2)c1C. The number of alkyl halides is 2. The van der Waals surface area contributed by atoms with E-state index in [9.17, 15) is 18.4 Å². The first-order valence-corrected chi connectivity index (χ1v) is 9.76. The average Bonchev–Trinajstić information content (AvgIpc) is 2.71. The molecular weight excluding hydrogens is 392 g/mol. The Morgan fingerprint density at radius 1 is 1.03 bits per heavy atom. The maximum absolute atomic E-state index is 12.6. The maximum Gasteiger partial charge on any atom is 0.387 e. The molecule has 3 rings (SSSR count). The first kappa shape index (κ1) is 21.7. The van der Waals surface area contributed by atoms with Gasteiger partial charge >= 0.3 is 6.61 Å². The van der Waals surface area contributed by atoms with Gasteiger partial charge in [0.2, 0.25) is 5.91 Å².